The fraction of sp³-hybridized carbons (Fsp3) is 0.348. The van der Waals surface area contributed by atoms with Crippen LogP contribution in [-0.4, -0.2) is 28.0 Å². The Morgan fingerprint density at radius 3 is 2.47 bits per heavy atom. The zero-order valence-electron chi connectivity index (χ0n) is 18.4. The summed E-state index contributed by atoms with van der Waals surface area (Å²) in [4.78, 5) is 3.85. The molecule has 4 bridgehead atoms. The van der Waals surface area contributed by atoms with Gasteiger partial charge in [0.1, 0.15) is 11.3 Å². The summed E-state index contributed by atoms with van der Waals surface area (Å²) in [5.41, 5.74) is -3.98. The number of fused-ring (bicyclic) bond motifs is 5. The molecule has 0 amide bonds. The molecule has 0 saturated heterocycles. The maximum Gasteiger partial charge on any atom is 0.426 e. The first-order chi connectivity index (χ1) is 17.0. The summed E-state index contributed by atoms with van der Waals surface area (Å²) >= 11 is 2.97. The number of benzene rings is 1. The highest BCUT2D eigenvalue weighted by molar-refractivity contribution is 9.10. The van der Waals surface area contributed by atoms with Crippen LogP contribution in [0.25, 0.3) is 11.6 Å². The van der Waals surface area contributed by atoms with Crippen molar-refractivity contribution in [1.29, 1.82) is 0 Å². The molecule has 6 nitrogen and oxygen atoms in total. The molecule has 1 aromatic carbocycles. The third kappa shape index (κ3) is 5.41. The van der Waals surface area contributed by atoms with Gasteiger partial charge in [-0.15, -0.1) is 10.2 Å². The molecule has 0 saturated carbocycles. The van der Waals surface area contributed by atoms with Crippen LogP contribution < -0.4 is 4.74 Å². The van der Waals surface area contributed by atoms with Crippen molar-refractivity contribution < 1.29 is 40.2 Å². The lowest BCUT2D eigenvalue weighted by Crippen LogP contribution is -2.45. The van der Waals surface area contributed by atoms with E-state index in [2.05, 4.69) is 31.1 Å². The van der Waals surface area contributed by atoms with Gasteiger partial charge in [0, 0.05) is 10.9 Å². The maximum atomic E-state index is 14.6. The molecule has 13 heteroatoms. The summed E-state index contributed by atoms with van der Waals surface area (Å²) in [6.45, 7) is -0.558. The smallest absolute Gasteiger partial charge is 0.426 e. The molecule has 3 aromatic rings. The lowest BCUT2D eigenvalue weighted by molar-refractivity contribution is -0.295. The van der Waals surface area contributed by atoms with Crippen LogP contribution in [0.1, 0.15) is 36.3 Å². The summed E-state index contributed by atoms with van der Waals surface area (Å²) in [5.74, 6) is -2.18. The Bertz CT molecular complexity index is 1230. The summed E-state index contributed by atoms with van der Waals surface area (Å²) in [5, 5.41) is 7.23. The van der Waals surface area contributed by atoms with Gasteiger partial charge in [0.25, 0.3) is 11.8 Å². The van der Waals surface area contributed by atoms with E-state index in [4.69, 9.17) is 13.9 Å². The van der Waals surface area contributed by atoms with Crippen molar-refractivity contribution in [2.75, 3.05) is 6.61 Å². The Labute approximate surface area is 209 Å². The summed E-state index contributed by atoms with van der Waals surface area (Å²) in [6.07, 6.45) is -7.22. The van der Waals surface area contributed by atoms with E-state index in [1.807, 2.05) is 0 Å². The largest absolute Gasteiger partial charge is 0.477 e. The van der Waals surface area contributed by atoms with E-state index in [1.54, 1.807) is 30.3 Å². The highest BCUT2D eigenvalue weighted by atomic mass is 79.9. The van der Waals surface area contributed by atoms with Crippen LogP contribution in [0.15, 0.2) is 57.4 Å². The number of hydrogen-bond acceptors (Lipinski definition) is 6. The van der Waals surface area contributed by atoms with Crippen molar-refractivity contribution in [3.05, 3.63) is 70.0 Å². The lowest BCUT2D eigenvalue weighted by atomic mass is 9.97. The predicted octanol–water partition coefficient (Wildman–Crippen LogP) is 7.01. The molecule has 192 valence electrons. The van der Waals surface area contributed by atoms with Crippen molar-refractivity contribution in [2.45, 2.75) is 43.8 Å². The van der Waals surface area contributed by atoms with Crippen LogP contribution in [-0.2, 0) is 23.1 Å². The first-order valence-electron chi connectivity index (χ1n) is 10.7. The number of hydrogen-bond donors (Lipinski definition) is 0. The average molecular weight is 578 g/mol. The fourth-order valence-electron chi connectivity index (χ4n) is 3.46. The van der Waals surface area contributed by atoms with Crippen LogP contribution in [0.2, 0.25) is 0 Å². The Hall–Kier alpha value is -2.93. The van der Waals surface area contributed by atoms with E-state index in [-0.39, 0.29) is 29.6 Å². The van der Waals surface area contributed by atoms with Crippen LogP contribution in [0, 0.1) is 0 Å². The Morgan fingerprint density at radius 2 is 1.78 bits per heavy atom. The van der Waals surface area contributed by atoms with Gasteiger partial charge in [-0.25, -0.2) is 4.98 Å². The van der Waals surface area contributed by atoms with Gasteiger partial charge in [-0.2, -0.15) is 26.3 Å². The molecule has 1 unspecified atom stereocenters. The molecular formula is C23H18BrF6N3O3. The number of halogens is 7. The molecule has 3 heterocycles. The average Bonchev–Trinajstić information content (AvgIpc) is 3.30. The van der Waals surface area contributed by atoms with E-state index in [0.717, 1.165) is 0 Å². The first kappa shape index (κ1) is 26.1. The van der Waals surface area contributed by atoms with Crippen molar-refractivity contribution in [3.63, 3.8) is 0 Å². The molecule has 4 rings (SSSR count). The molecule has 0 radical (unpaired) electrons. The quantitative estimate of drug-likeness (QED) is 0.246. The Kier molecular flexibility index (Phi) is 7.41. The van der Waals surface area contributed by atoms with E-state index in [1.165, 1.54) is 12.2 Å². The highest BCUT2D eigenvalue weighted by Gasteiger charge is 2.61. The van der Waals surface area contributed by atoms with Gasteiger partial charge < -0.3 is 13.9 Å². The minimum atomic E-state index is -4.98. The third-order valence-electron chi connectivity index (χ3n) is 5.33. The van der Waals surface area contributed by atoms with Crippen molar-refractivity contribution in [3.8, 4) is 17.5 Å². The van der Waals surface area contributed by atoms with E-state index in [0.29, 0.717) is 11.6 Å². The van der Waals surface area contributed by atoms with E-state index in [9.17, 15) is 26.3 Å². The predicted molar refractivity (Wildman–Crippen MR) is 118 cm³/mol. The van der Waals surface area contributed by atoms with E-state index < -0.39 is 54.2 Å². The maximum absolute atomic E-state index is 14.6. The summed E-state index contributed by atoms with van der Waals surface area (Å²) < 4.78 is 100. The van der Waals surface area contributed by atoms with Crippen LogP contribution in [0.5, 0.6) is 5.88 Å². The first-order valence-corrected chi connectivity index (χ1v) is 11.4. The second-order valence-corrected chi connectivity index (χ2v) is 8.70. The zero-order chi connectivity index (χ0) is 26.0. The number of nitrogens with zero attached hydrogens (tertiary/aromatic N) is 3. The Morgan fingerprint density at radius 1 is 1.03 bits per heavy atom. The van der Waals surface area contributed by atoms with Gasteiger partial charge in [0.05, 0.1) is 13.2 Å². The van der Waals surface area contributed by atoms with Crippen molar-refractivity contribution in [2.24, 2.45) is 0 Å². The number of pyridine rings is 1. The molecule has 0 fully saturated rings. The van der Waals surface area contributed by atoms with Gasteiger partial charge in [0.15, 0.2) is 0 Å². The Balaban J connectivity index is 1.83. The summed E-state index contributed by atoms with van der Waals surface area (Å²) in [6, 6.07) is 8.94. The standard InChI is InChI=1S/C23H18BrF6N3O3/c24-16-12-15(22(25,26)27)18-31-17(16)19-32-33-20(36-19)21(23(28,29)30,10-6-1-2-7-11-34-18)35-13-14-8-4-3-5-9-14/h1,3-6,8-9,12H,2,7,10-11,13H2/b6-1+. The number of rotatable bonds is 3. The second kappa shape index (κ2) is 10.2. The zero-order valence-corrected chi connectivity index (χ0v) is 20.0. The molecule has 1 atom stereocenters. The molecule has 36 heavy (non-hydrogen) atoms. The second-order valence-electron chi connectivity index (χ2n) is 7.85. The van der Waals surface area contributed by atoms with Crippen molar-refractivity contribution >= 4 is 15.9 Å². The van der Waals surface area contributed by atoms with Crippen molar-refractivity contribution in [1.82, 2.24) is 15.2 Å². The van der Waals surface area contributed by atoms with Gasteiger partial charge in [-0.05, 0) is 40.4 Å². The SMILES string of the molecule is FC(F)(F)c1cc(Br)c2nc1OCCC/C=C/CC(OCc1ccccc1)(C(F)(F)F)c1nnc-2o1. The topological polar surface area (TPSA) is 70.3 Å². The number of allylic oxidation sites excluding steroid dienone is 1. The van der Waals surface area contributed by atoms with Gasteiger partial charge in [0.2, 0.25) is 11.5 Å². The lowest BCUT2D eigenvalue weighted by Gasteiger charge is -2.31. The van der Waals surface area contributed by atoms with Crippen LogP contribution >= 0.6 is 15.9 Å². The molecule has 0 aliphatic carbocycles. The molecule has 1 aliphatic heterocycles. The van der Waals surface area contributed by atoms with Gasteiger partial charge in [-0.3, -0.25) is 0 Å². The molecule has 0 spiro atoms. The minimum Gasteiger partial charge on any atom is -0.477 e. The number of aromatic nitrogens is 3. The summed E-state index contributed by atoms with van der Waals surface area (Å²) in [7, 11) is 0. The third-order valence-corrected chi connectivity index (χ3v) is 5.94. The normalized spacial score (nSPS) is 19.9. The highest BCUT2D eigenvalue weighted by Crippen LogP contribution is 2.47. The molecular weight excluding hydrogens is 560 g/mol. The monoisotopic (exact) mass is 577 g/mol. The van der Waals surface area contributed by atoms with Gasteiger partial charge >= 0.3 is 12.4 Å². The molecule has 0 N–H and O–H groups in total. The van der Waals surface area contributed by atoms with E-state index >= 15 is 0 Å². The van der Waals surface area contributed by atoms with Crippen LogP contribution in [0.3, 0.4) is 0 Å². The fourth-order valence-corrected chi connectivity index (χ4v) is 3.95. The molecule has 1 aliphatic rings. The minimum absolute atomic E-state index is 0.147. The van der Waals surface area contributed by atoms with Crippen LogP contribution in [0.4, 0.5) is 26.3 Å². The van der Waals surface area contributed by atoms with Gasteiger partial charge in [-0.1, -0.05) is 42.5 Å². The molecule has 2 aromatic heterocycles. The number of ether oxygens (including phenoxy) is 2. The number of alkyl halides is 6.